The maximum atomic E-state index is 12.5. The van der Waals surface area contributed by atoms with Crippen molar-refractivity contribution in [2.45, 2.75) is 36.3 Å². The Morgan fingerprint density at radius 1 is 1.30 bits per heavy atom. The number of alkyl halides is 3. The minimum absolute atomic E-state index is 0.117. The molecule has 2 N–H and O–H groups in total. The monoisotopic (exact) mass is 311 g/mol. The third kappa shape index (κ3) is 3.86. The van der Waals surface area contributed by atoms with Crippen molar-refractivity contribution < 1.29 is 26.7 Å². The molecular formula is C12H16F3NO3S. The Bertz CT molecular complexity index is 543. The van der Waals surface area contributed by atoms with E-state index in [0.717, 1.165) is 6.07 Å². The van der Waals surface area contributed by atoms with Gasteiger partial charge in [0.2, 0.25) is 0 Å². The molecule has 0 heterocycles. The van der Waals surface area contributed by atoms with E-state index >= 15 is 0 Å². The summed E-state index contributed by atoms with van der Waals surface area (Å²) in [5.41, 5.74) is -5.46. The molecular weight excluding hydrogens is 295 g/mol. The number of hydrogen-bond donors (Lipinski definition) is 2. The number of para-hydroxylation sites is 1. The van der Waals surface area contributed by atoms with E-state index in [0.29, 0.717) is 12.8 Å². The van der Waals surface area contributed by atoms with Crippen LogP contribution in [0.2, 0.25) is 0 Å². The molecule has 0 radical (unpaired) electrons. The van der Waals surface area contributed by atoms with E-state index in [1.54, 1.807) is 6.92 Å². The average molecular weight is 311 g/mol. The van der Waals surface area contributed by atoms with Gasteiger partial charge in [-0.15, -0.1) is 0 Å². The van der Waals surface area contributed by atoms with Crippen LogP contribution in [0.3, 0.4) is 0 Å². The van der Waals surface area contributed by atoms with Gasteiger partial charge in [-0.1, -0.05) is 19.1 Å². The van der Waals surface area contributed by atoms with Crippen LogP contribution < -0.4 is 5.32 Å². The molecule has 0 aliphatic carbocycles. The topological polar surface area (TPSA) is 66.4 Å². The Kier molecular flexibility index (Phi) is 5.41. The Morgan fingerprint density at radius 3 is 2.45 bits per heavy atom. The van der Waals surface area contributed by atoms with Gasteiger partial charge in [0.05, 0.1) is 16.7 Å². The zero-order valence-corrected chi connectivity index (χ0v) is 11.6. The minimum atomic E-state index is -5.39. The summed E-state index contributed by atoms with van der Waals surface area (Å²) in [6.07, 6.45) is 0.259. The Hall–Kier alpha value is -1.28. The number of halogens is 3. The molecule has 0 spiro atoms. The highest BCUT2D eigenvalue weighted by atomic mass is 32.2. The molecule has 4 nitrogen and oxygen atoms in total. The first kappa shape index (κ1) is 16.8. The zero-order chi connectivity index (χ0) is 15.4. The van der Waals surface area contributed by atoms with Gasteiger partial charge in [0.25, 0.3) is 9.84 Å². The van der Waals surface area contributed by atoms with Crippen molar-refractivity contribution in [3.05, 3.63) is 24.3 Å². The number of nitrogens with one attached hydrogen (secondary N) is 1. The summed E-state index contributed by atoms with van der Waals surface area (Å²) in [6, 6.07) is 4.83. The van der Waals surface area contributed by atoms with Gasteiger partial charge in [0, 0.05) is 6.54 Å². The predicted octanol–water partition coefficient (Wildman–Crippen LogP) is 2.55. The second-order valence-corrected chi connectivity index (χ2v) is 6.13. The van der Waals surface area contributed by atoms with Crippen LogP contribution in [0.5, 0.6) is 0 Å². The fraction of sp³-hybridized carbons (Fsp3) is 0.500. The predicted molar refractivity (Wildman–Crippen MR) is 69.1 cm³/mol. The number of rotatable bonds is 6. The van der Waals surface area contributed by atoms with Crippen LogP contribution >= 0.6 is 0 Å². The first-order chi connectivity index (χ1) is 9.20. The van der Waals surface area contributed by atoms with E-state index in [1.807, 2.05) is 0 Å². The van der Waals surface area contributed by atoms with E-state index in [2.05, 4.69) is 5.32 Å². The molecule has 1 rings (SSSR count). The van der Waals surface area contributed by atoms with Crippen LogP contribution in [0.4, 0.5) is 18.9 Å². The molecule has 1 aromatic carbocycles. The van der Waals surface area contributed by atoms with E-state index in [4.69, 9.17) is 0 Å². The fourth-order valence-electron chi connectivity index (χ4n) is 1.55. The average Bonchev–Trinajstić information content (AvgIpc) is 2.37. The highest BCUT2D eigenvalue weighted by molar-refractivity contribution is 7.92. The highest BCUT2D eigenvalue weighted by Gasteiger charge is 2.47. The summed E-state index contributed by atoms with van der Waals surface area (Å²) in [4.78, 5) is -0.807. The van der Waals surface area contributed by atoms with Crippen molar-refractivity contribution in [2.24, 2.45) is 0 Å². The van der Waals surface area contributed by atoms with Crippen LogP contribution in [0.25, 0.3) is 0 Å². The van der Waals surface area contributed by atoms with E-state index < -0.39 is 26.3 Å². The molecule has 0 fully saturated rings. The maximum Gasteiger partial charge on any atom is 0.501 e. The molecule has 0 aromatic heterocycles. The standard InChI is InChI=1S/C12H16F3NO3S/c1-2-9(17)7-8-16-10-5-3-4-6-11(10)20(18,19)12(13,14)15/h3-6,9,16-17H,2,7-8H2,1H3. The lowest BCUT2D eigenvalue weighted by Gasteiger charge is -2.15. The van der Waals surface area contributed by atoms with Crippen molar-refractivity contribution in [1.82, 2.24) is 0 Å². The number of anilines is 1. The Labute approximate surface area is 115 Å². The van der Waals surface area contributed by atoms with Gasteiger partial charge >= 0.3 is 5.51 Å². The summed E-state index contributed by atoms with van der Waals surface area (Å²) >= 11 is 0. The summed E-state index contributed by atoms with van der Waals surface area (Å²) in [7, 11) is -5.39. The van der Waals surface area contributed by atoms with Crippen LogP contribution in [0, 0.1) is 0 Å². The van der Waals surface area contributed by atoms with Crippen molar-refractivity contribution in [3.63, 3.8) is 0 Å². The molecule has 8 heteroatoms. The van der Waals surface area contributed by atoms with Crippen molar-refractivity contribution in [2.75, 3.05) is 11.9 Å². The van der Waals surface area contributed by atoms with Crippen molar-refractivity contribution >= 4 is 15.5 Å². The lowest BCUT2D eigenvalue weighted by atomic mass is 10.2. The first-order valence-corrected chi connectivity index (χ1v) is 7.50. The molecule has 0 amide bonds. The molecule has 0 aliphatic rings. The lowest BCUT2D eigenvalue weighted by Crippen LogP contribution is -2.24. The molecule has 1 unspecified atom stereocenters. The number of aliphatic hydroxyl groups is 1. The number of aliphatic hydroxyl groups excluding tert-OH is 1. The van der Waals surface area contributed by atoms with E-state index in [-0.39, 0.29) is 12.2 Å². The van der Waals surface area contributed by atoms with Gasteiger partial charge < -0.3 is 10.4 Å². The van der Waals surface area contributed by atoms with Crippen LogP contribution in [-0.2, 0) is 9.84 Å². The van der Waals surface area contributed by atoms with Gasteiger partial charge in [-0.05, 0) is 25.0 Å². The SMILES string of the molecule is CCC(O)CCNc1ccccc1S(=O)(=O)C(F)(F)F. The van der Waals surface area contributed by atoms with E-state index in [9.17, 15) is 26.7 Å². The fourth-order valence-corrected chi connectivity index (χ4v) is 2.49. The van der Waals surface area contributed by atoms with Gasteiger partial charge in [0.15, 0.2) is 0 Å². The van der Waals surface area contributed by atoms with Crippen LogP contribution in [0.15, 0.2) is 29.2 Å². The summed E-state index contributed by atoms with van der Waals surface area (Å²) in [5.74, 6) is 0. The number of hydrogen-bond acceptors (Lipinski definition) is 4. The molecule has 1 atom stereocenters. The normalized spacial score (nSPS) is 14.1. The highest BCUT2D eigenvalue weighted by Crippen LogP contribution is 2.34. The van der Waals surface area contributed by atoms with Gasteiger partial charge in [-0.2, -0.15) is 13.2 Å². The first-order valence-electron chi connectivity index (χ1n) is 6.02. The molecule has 0 aliphatic heterocycles. The number of sulfone groups is 1. The summed E-state index contributed by atoms with van der Waals surface area (Å²) in [5, 5.41) is 12.0. The second-order valence-electron chi connectivity index (χ2n) is 4.22. The summed E-state index contributed by atoms with van der Waals surface area (Å²) < 4.78 is 60.5. The van der Waals surface area contributed by atoms with Crippen LogP contribution in [-0.4, -0.2) is 31.7 Å². The minimum Gasteiger partial charge on any atom is -0.393 e. The van der Waals surface area contributed by atoms with Crippen molar-refractivity contribution in [3.8, 4) is 0 Å². The molecule has 114 valence electrons. The largest absolute Gasteiger partial charge is 0.501 e. The zero-order valence-electron chi connectivity index (χ0n) is 10.8. The molecule has 0 saturated carbocycles. The second kappa shape index (κ2) is 6.45. The quantitative estimate of drug-likeness (QED) is 0.847. The Balaban J connectivity index is 2.95. The van der Waals surface area contributed by atoms with Crippen LogP contribution in [0.1, 0.15) is 19.8 Å². The Morgan fingerprint density at radius 2 is 1.90 bits per heavy atom. The molecule has 0 bridgehead atoms. The van der Waals surface area contributed by atoms with Gasteiger partial charge in [-0.25, -0.2) is 8.42 Å². The van der Waals surface area contributed by atoms with Crippen molar-refractivity contribution in [1.29, 1.82) is 0 Å². The molecule has 0 saturated heterocycles. The third-order valence-electron chi connectivity index (χ3n) is 2.75. The maximum absolute atomic E-state index is 12.5. The summed E-state index contributed by atoms with van der Waals surface area (Å²) in [6.45, 7) is 1.95. The smallest absolute Gasteiger partial charge is 0.393 e. The third-order valence-corrected chi connectivity index (χ3v) is 4.29. The lowest BCUT2D eigenvalue weighted by molar-refractivity contribution is -0.0435. The molecule has 1 aromatic rings. The van der Waals surface area contributed by atoms with Gasteiger partial charge in [-0.3, -0.25) is 0 Å². The molecule has 20 heavy (non-hydrogen) atoms. The van der Waals surface area contributed by atoms with E-state index in [1.165, 1.54) is 18.2 Å². The van der Waals surface area contributed by atoms with Gasteiger partial charge in [0.1, 0.15) is 0 Å². The number of benzene rings is 1.